The Hall–Kier alpha value is -2.95. The molecule has 1 N–H and O–H groups in total. The summed E-state index contributed by atoms with van der Waals surface area (Å²) in [4.78, 5) is 22.3. The molecule has 1 aliphatic rings. The van der Waals surface area contributed by atoms with Gasteiger partial charge in [-0.25, -0.2) is 18.7 Å². The second-order valence-electron chi connectivity index (χ2n) is 11.2. The van der Waals surface area contributed by atoms with E-state index in [4.69, 9.17) is 9.16 Å². The third kappa shape index (κ3) is 6.36. The number of rotatable bonds is 8. The Morgan fingerprint density at radius 2 is 1.92 bits per heavy atom. The van der Waals surface area contributed by atoms with Crippen LogP contribution in [-0.4, -0.2) is 48.7 Å². The molecule has 0 saturated carbocycles. The van der Waals surface area contributed by atoms with Crippen molar-refractivity contribution in [2.75, 3.05) is 25.1 Å². The zero-order valence-corrected chi connectivity index (χ0v) is 23.6. The van der Waals surface area contributed by atoms with Crippen LogP contribution in [0.2, 0.25) is 18.1 Å². The Morgan fingerprint density at radius 3 is 2.61 bits per heavy atom. The van der Waals surface area contributed by atoms with Crippen LogP contribution in [0.1, 0.15) is 45.2 Å². The second kappa shape index (κ2) is 11.4. The molecule has 1 aromatic carbocycles. The topological polar surface area (TPSA) is 78.3 Å². The minimum atomic E-state index is -2.23. The highest BCUT2D eigenvalue weighted by atomic mass is 28.4. The van der Waals surface area contributed by atoms with E-state index in [1.807, 2.05) is 0 Å². The molecule has 1 aliphatic heterocycles. The van der Waals surface area contributed by atoms with E-state index in [-0.39, 0.29) is 28.8 Å². The van der Waals surface area contributed by atoms with Gasteiger partial charge in [0.2, 0.25) is 5.95 Å². The predicted molar refractivity (Wildman–Crippen MR) is 147 cm³/mol. The maximum atomic E-state index is 14.9. The van der Waals surface area contributed by atoms with E-state index in [0.717, 1.165) is 18.9 Å². The van der Waals surface area contributed by atoms with Crippen LogP contribution in [0.3, 0.4) is 0 Å². The number of nitrogens with one attached hydrogen (secondary N) is 1. The Balaban J connectivity index is 1.65. The lowest BCUT2D eigenvalue weighted by molar-refractivity contribution is 0.0903. The molecule has 0 radical (unpaired) electrons. The number of aromatic nitrogens is 3. The molecule has 0 bridgehead atoms. The number of nitrogens with zero attached hydrogens (tertiary/aromatic N) is 3. The quantitative estimate of drug-likeness (QED) is 0.363. The third-order valence-electron chi connectivity index (χ3n) is 7.54. The SMILES string of the molecule is CC(C)(C)[Si](C)(C)OCC(c1cccc(F)c1F)n1ccc(-c2ccnc(NC3CCOCC3)n2)cc1=O. The van der Waals surface area contributed by atoms with E-state index >= 15 is 0 Å². The van der Waals surface area contributed by atoms with Crippen molar-refractivity contribution in [3.05, 3.63) is 76.3 Å². The third-order valence-corrected chi connectivity index (χ3v) is 12.0. The lowest BCUT2D eigenvalue weighted by Gasteiger charge is -2.37. The lowest BCUT2D eigenvalue weighted by atomic mass is 10.1. The molecule has 38 heavy (non-hydrogen) atoms. The lowest BCUT2D eigenvalue weighted by Crippen LogP contribution is -2.43. The van der Waals surface area contributed by atoms with Crippen molar-refractivity contribution in [3.63, 3.8) is 0 Å². The molecular formula is C28H36F2N4O3Si. The van der Waals surface area contributed by atoms with Crippen molar-refractivity contribution >= 4 is 14.3 Å². The molecule has 2 aromatic heterocycles. The summed E-state index contributed by atoms with van der Waals surface area (Å²) in [5.74, 6) is -1.46. The minimum absolute atomic E-state index is 0.0444. The smallest absolute Gasteiger partial charge is 0.251 e. The fourth-order valence-electron chi connectivity index (χ4n) is 4.12. The molecule has 1 unspecified atom stereocenters. The van der Waals surface area contributed by atoms with Crippen molar-refractivity contribution in [3.8, 4) is 11.3 Å². The number of ether oxygens (including phenoxy) is 1. The molecule has 4 rings (SSSR count). The zero-order valence-electron chi connectivity index (χ0n) is 22.6. The first-order valence-electron chi connectivity index (χ1n) is 12.9. The maximum Gasteiger partial charge on any atom is 0.251 e. The number of hydrogen-bond donors (Lipinski definition) is 1. The number of anilines is 1. The highest BCUT2D eigenvalue weighted by molar-refractivity contribution is 6.74. The summed E-state index contributed by atoms with van der Waals surface area (Å²) in [6.07, 6.45) is 4.99. The van der Waals surface area contributed by atoms with Crippen LogP contribution in [-0.2, 0) is 9.16 Å². The monoisotopic (exact) mass is 542 g/mol. The molecule has 1 atom stereocenters. The van der Waals surface area contributed by atoms with Gasteiger partial charge in [-0.15, -0.1) is 0 Å². The first-order chi connectivity index (χ1) is 18.0. The first-order valence-corrected chi connectivity index (χ1v) is 15.8. The van der Waals surface area contributed by atoms with Gasteiger partial charge in [0.1, 0.15) is 0 Å². The normalized spacial score (nSPS) is 15.9. The Bertz CT molecular complexity index is 1320. The van der Waals surface area contributed by atoms with Crippen LogP contribution < -0.4 is 10.9 Å². The molecule has 3 aromatic rings. The van der Waals surface area contributed by atoms with Gasteiger partial charge in [0.25, 0.3) is 5.56 Å². The van der Waals surface area contributed by atoms with E-state index < -0.39 is 26.0 Å². The van der Waals surface area contributed by atoms with Crippen molar-refractivity contribution in [1.29, 1.82) is 0 Å². The van der Waals surface area contributed by atoms with Gasteiger partial charge in [-0.1, -0.05) is 32.9 Å². The summed E-state index contributed by atoms with van der Waals surface area (Å²) >= 11 is 0. The fraction of sp³-hybridized carbons (Fsp3) is 0.464. The average Bonchev–Trinajstić information content (AvgIpc) is 2.87. The van der Waals surface area contributed by atoms with Gasteiger partial charge in [-0.2, -0.15) is 0 Å². The Morgan fingerprint density at radius 1 is 1.18 bits per heavy atom. The van der Waals surface area contributed by atoms with Crippen LogP contribution in [0.25, 0.3) is 11.3 Å². The van der Waals surface area contributed by atoms with Gasteiger partial charge in [0, 0.05) is 48.8 Å². The molecule has 10 heteroatoms. The number of hydrogen-bond acceptors (Lipinski definition) is 6. The zero-order chi connectivity index (χ0) is 27.5. The summed E-state index contributed by atoms with van der Waals surface area (Å²) < 4.78 is 42.3. The summed E-state index contributed by atoms with van der Waals surface area (Å²) in [7, 11) is -2.23. The fourth-order valence-corrected chi connectivity index (χ4v) is 5.13. The molecule has 0 spiro atoms. The molecular weight excluding hydrogens is 506 g/mol. The van der Waals surface area contributed by atoms with Gasteiger partial charge in [-0.05, 0) is 49.2 Å². The van der Waals surface area contributed by atoms with Crippen LogP contribution in [0.5, 0.6) is 0 Å². The van der Waals surface area contributed by atoms with Crippen molar-refractivity contribution in [1.82, 2.24) is 14.5 Å². The molecule has 7 nitrogen and oxygen atoms in total. The summed E-state index contributed by atoms with van der Waals surface area (Å²) in [5.41, 5.74) is 0.897. The molecule has 1 saturated heterocycles. The standard InChI is InChI=1S/C28H36F2N4O3Si/c1-28(2,3)38(4,5)37-18-24(21-7-6-8-22(29)26(21)30)34-14-10-19(17-25(34)35)23-9-13-31-27(33-23)32-20-11-15-36-16-12-20/h6-10,13-14,17,20,24H,11-12,15-16,18H2,1-5H3,(H,31,32,33). The van der Waals surface area contributed by atoms with Crippen LogP contribution in [0.15, 0.2) is 53.6 Å². The summed E-state index contributed by atoms with van der Waals surface area (Å²) in [6.45, 7) is 11.9. The highest BCUT2D eigenvalue weighted by Crippen LogP contribution is 2.37. The summed E-state index contributed by atoms with van der Waals surface area (Å²) in [5, 5.41) is 3.25. The van der Waals surface area contributed by atoms with Gasteiger partial charge in [-0.3, -0.25) is 4.79 Å². The predicted octanol–water partition coefficient (Wildman–Crippen LogP) is 5.79. The van der Waals surface area contributed by atoms with Crippen LogP contribution >= 0.6 is 0 Å². The van der Waals surface area contributed by atoms with Crippen molar-refractivity contribution in [2.45, 2.75) is 63.8 Å². The van der Waals surface area contributed by atoms with Gasteiger partial charge >= 0.3 is 0 Å². The van der Waals surface area contributed by atoms with E-state index in [9.17, 15) is 13.6 Å². The van der Waals surface area contributed by atoms with Crippen LogP contribution in [0.4, 0.5) is 14.7 Å². The van der Waals surface area contributed by atoms with E-state index in [0.29, 0.717) is 30.4 Å². The molecule has 3 heterocycles. The Kier molecular flexibility index (Phi) is 8.44. The highest BCUT2D eigenvalue weighted by Gasteiger charge is 2.38. The van der Waals surface area contributed by atoms with Gasteiger partial charge in [0.15, 0.2) is 20.0 Å². The average molecular weight is 543 g/mol. The molecule has 0 aliphatic carbocycles. The molecule has 204 valence electrons. The van der Waals surface area contributed by atoms with E-state index in [1.54, 1.807) is 24.5 Å². The van der Waals surface area contributed by atoms with Crippen LogP contribution in [0, 0.1) is 11.6 Å². The van der Waals surface area contributed by atoms with E-state index in [1.165, 1.54) is 22.8 Å². The van der Waals surface area contributed by atoms with E-state index in [2.05, 4.69) is 49.1 Å². The maximum absolute atomic E-state index is 14.9. The van der Waals surface area contributed by atoms with Gasteiger partial charge < -0.3 is 19.0 Å². The van der Waals surface area contributed by atoms with Gasteiger partial charge in [0.05, 0.1) is 18.3 Å². The van der Waals surface area contributed by atoms with Crippen molar-refractivity contribution < 1.29 is 17.9 Å². The first kappa shape index (κ1) is 28.1. The second-order valence-corrected chi connectivity index (χ2v) is 16.0. The number of benzene rings is 1. The molecule has 1 fully saturated rings. The van der Waals surface area contributed by atoms with Crippen molar-refractivity contribution in [2.24, 2.45) is 0 Å². The largest absolute Gasteiger partial charge is 0.414 e. The minimum Gasteiger partial charge on any atom is -0.414 e. The number of pyridine rings is 1. The molecule has 0 amide bonds. The number of halogens is 2. The summed E-state index contributed by atoms with van der Waals surface area (Å²) in [6, 6.07) is 8.34. The Labute approximate surface area is 223 Å².